The molecule has 4 nitrogen and oxygen atoms in total. The summed E-state index contributed by atoms with van der Waals surface area (Å²) >= 11 is 0. The van der Waals surface area contributed by atoms with Crippen LogP contribution >= 0.6 is 0 Å². The van der Waals surface area contributed by atoms with Crippen LogP contribution in [-0.2, 0) is 6.54 Å². The van der Waals surface area contributed by atoms with Crippen molar-refractivity contribution >= 4 is 0 Å². The Morgan fingerprint density at radius 1 is 1.56 bits per heavy atom. The molecular weight excluding hydrogens is 202 g/mol. The van der Waals surface area contributed by atoms with Crippen molar-refractivity contribution in [2.45, 2.75) is 51.8 Å². The molecule has 0 spiro atoms. The molecule has 1 aromatic rings. The molecule has 0 aromatic carbocycles. The molecule has 2 rings (SSSR count). The zero-order chi connectivity index (χ0) is 11.4. The van der Waals surface area contributed by atoms with E-state index in [1.807, 2.05) is 24.7 Å². The van der Waals surface area contributed by atoms with Crippen LogP contribution in [0.1, 0.15) is 33.1 Å². The number of ether oxygens (including phenoxy) is 1. The normalized spacial score (nSPS) is 21.3. The third-order valence-electron chi connectivity index (χ3n) is 2.80. The zero-order valence-corrected chi connectivity index (χ0v) is 10.1. The number of piperidine rings is 1. The van der Waals surface area contributed by atoms with Gasteiger partial charge in [-0.05, 0) is 33.2 Å². The predicted molar refractivity (Wildman–Crippen MR) is 63.6 cm³/mol. The molecule has 1 N–H and O–H groups in total. The Morgan fingerprint density at radius 3 is 3.12 bits per heavy atom. The molecule has 2 heterocycles. The summed E-state index contributed by atoms with van der Waals surface area (Å²) in [7, 11) is 0. The molecule has 90 valence electrons. The highest BCUT2D eigenvalue weighted by molar-refractivity contribution is 5.12. The van der Waals surface area contributed by atoms with Crippen molar-refractivity contribution in [2.24, 2.45) is 0 Å². The van der Waals surface area contributed by atoms with Crippen LogP contribution in [0, 0.1) is 0 Å². The average Bonchev–Trinajstić information content (AvgIpc) is 2.66. The fourth-order valence-corrected chi connectivity index (χ4v) is 2.08. The largest absolute Gasteiger partial charge is 0.488 e. The van der Waals surface area contributed by atoms with Crippen LogP contribution in [0.5, 0.6) is 5.75 Å². The molecule has 0 radical (unpaired) electrons. The maximum Gasteiger partial charge on any atom is 0.157 e. The van der Waals surface area contributed by atoms with Gasteiger partial charge in [-0.15, -0.1) is 0 Å². The maximum atomic E-state index is 5.58. The van der Waals surface area contributed by atoms with Crippen LogP contribution in [-0.4, -0.2) is 28.5 Å². The van der Waals surface area contributed by atoms with E-state index in [-0.39, 0.29) is 6.10 Å². The standard InChI is InChI=1S/C12H21N3O/c1-10(2)16-12-7-14-15(9-12)8-11-5-3-4-6-13-11/h7,9-11,13H,3-6,8H2,1-2H3. The number of rotatable bonds is 4. The average molecular weight is 223 g/mol. The SMILES string of the molecule is CC(C)Oc1cnn(CC2CCCCN2)c1. The van der Waals surface area contributed by atoms with Crippen molar-refractivity contribution in [2.75, 3.05) is 6.54 Å². The van der Waals surface area contributed by atoms with E-state index in [4.69, 9.17) is 4.74 Å². The van der Waals surface area contributed by atoms with E-state index in [0.29, 0.717) is 6.04 Å². The van der Waals surface area contributed by atoms with Gasteiger partial charge in [0.25, 0.3) is 0 Å². The van der Waals surface area contributed by atoms with Gasteiger partial charge in [0, 0.05) is 6.04 Å². The Balaban J connectivity index is 1.86. The third-order valence-corrected chi connectivity index (χ3v) is 2.80. The first-order valence-corrected chi connectivity index (χ1v) is 6.16. The van der Waals surface area contributed by atoms with E-state index in [1.165, 1.54) is 19.3 Å². The van der Waals surface area contributed by atoms with Crippen LogP contribution < -0.4 is 10.1 Å². The van der Waals surface area contributed by atoms with Crippen LogP contribution in [0.2, 0.25) is 0 Å². The molecule has 1 atom stereocenters. The molecular formula is C12H21N3O. The van der Waals surface area contributed by atoms with Crippen LogP contribution in [0.3, 0.4) is 0 Å². The van der Waals surface area contributed by atoms with Gasteiger partial charge in [0.2, 0.25) is 0 Å². The van der Waals surface area contributed by atoms with Crippen molar-refractivity contribution in [1.29, 1.82) is 0 Å². The number of hydrogen-bond acceptors (Lipinski definition) is 3. The zero-order valence-electron chi connectivity index (χ0n) is 10.1. The molecule has 1 aromatic heterocycles. The minimum atomic E-state index is 0.213. The molecule has 0 saturated carbocycles. The minimum absolute atomic E-state index is 0.213. The Bertz CT molecular complexity index is 316. The maximum absolute atomic E-state index is 5.58. The van der Waals surface area contributed by atoms with Gasteiger partial charge in [-0.2, -0.15) is 5.10 Å². The van der Waals surface area contributed by atoms with Crippen LogP contribution in [0.25, 0.3) is 0 Å². The second-order valence-corrected chi connectivity index (χ2v) is 4.71. The van der Waals surface area contributed by atoms with Crippen molar-refractivity contribution in [3.63, 3.8) is 0 Å². The number of hydrogen-bond donors (Lipinski definition) is 1. The lowest BCUT2D eigenvalue weighted by Crippen LogP contribution is -2.37. The molecule has 1 aliphatic heterocycles. The van der Waals surface area contributed by atoms with Gasteiger partial charge in [-0.25, -0.2) is 0 Å². The second-order valence-electron chi connectivity index (χ2n) is 4.71. The fraction of sp³-hybridized carbons (Fsp3) is 0.750. The van der Waals surface area contributed by atoms with E-state index in [0.717, 1.165) is 18.8 Å². The lowest BCUT2D eigenvalue weighted by Gasteiger charge is -2.23. The quantitative estimate of drug-likeness (QED) is 0.846. The van der Waals surface area contributed by atoms with Crippen molar-refractivity contribution in [3.8, 4) is 5.75 Å². The van der Waals surface area contributed by atoms with Gasteiger partial charge in [-0.3, -0.25) is 4.68 Å². The van der Waals surface area contributed by atoms with E-state index in [9.17, 15) is 0 Å². The van der Waals surface area contributed by atoms with Gasteiger partial charge < -0.3 is 10.1 Å². The highest BCUT2D eigenvalue weighted by Crippen LogP contribution is 2.13. The van der Waals surface area contributed by atoms with Gasteiger partial charge in [0.05, 0.1) is 25.0 Å². The number of nitrogens with one attached hydrogen (secondary N) is 1. The van der Waals surface area contributed by atoms with Gasteiger partial charge >= 0.3 is 0 Å². The number of nitrogens with zero attached hydrogens (tertiary/aromatic N) is 2. The van der Waals surface area contributed by atoms with Gasteiger partial charge in [-0.1, -0.05) is 6.42 Å². The van der Waals surface area contributed by atoms with E-state index < -0.39 is 0 Å². The van der Waals surface area contributed by atoms with E-state index in [2.05, 4.69) is 10.4 Å². The summed E-state index contributed by atoms with van der Waals surface area (Å²) in [6, 6.07) is 0.570. The molecule has 1 unspecified atom stereocenters. The summed E-state index contributed by atoms with van der Waals surface area (Å²) in [5.74, 6) is 0.866. The summed E-state index contributed by atoms with van der Waals surface area (Å²) in [6.45, 7) is 6.14. The van der Waals surface area contributed by atoms with Gasteiger partial charge in [0.1, 0.15) is 0 Å². The molecule has 16 heavy (non-hydrogen) atoms. The Labute approximate surface area is 97.0 Å². The Kier molecular flexibility index (Phi) is 3.83. The van der Waals surface area contributed by atoms with Crippen LogP contribution in [0.4, 0.5) is 0 Å². The second kappa shape index (κ2) is 5.34. The smallest absolute Gasteiger partial charge is 0.157 e. The van der Waals surface area contributed by atoms with E-state index in [1.54, 1.807) is 6.20 Å². The summed E-state index contributed by atoms with van der Waals surface area (Å²) in [5, 5.41) is 7.83. The summed E-state index contributed by atoms with van der Waals surface area (Å²) in [6.07, 6.45) is 7.87. The molecule has 1 saturated heterocycles. The lowest BCUT2D eigenvalue weighted by molar-refractivity contribution is 0.242. The van der Waals surface area contributed by atoms with E-state index >= 15 is 0 Å². The van der Waals surface area contributed by atoms with Crippen molar-refractivity contribution in [1.82, 2.24) is 15.1 Å². The Hall–Kier alpha value is -1.03. The van der Waals surface area contributed by atoms with Gasteiger partial charge in [0.15, 0.2) is 5.75 Å². The van der Waals surface area contributed by atoms with Crippen LogP contribution in [0.15, 0.2) is 12.4 Å². The minimum Gasteiger partial charge on any atom is -0.488 e. The monoisotopic (exact) mass is 223 g/mol. The fourth-order valence-electron chi connectivity index (χ4n) is 2.08. The third kappa shape index (κ3) is 3.23. The topological polar surface area (TPSA) is 39.1 Å². The molecule has 1 fully saturated rings. The molecule has 1 aliphatic rings. The molecule has 0 bridgehead atoms. The first-order chi connectivity index (χ1) is 7.74. The first kappa shape index (κ1) is 11.5. The molecule has 4 heteroatoms. The highest BCUT2D eigenvalue weighted by Gasteiger charge is 2.13. The Morgan fingerprint density at radius 2 is 2.44 bits per heavy atom. The summed E-state index contributed by atoms with van der Waals surface area (Å²) in [5.41, 5.74) is 0. The predicted octanol–water partition coefficient (Wildman–Crippen LogP) is 1.81. The molecule has 0 aliphatic carbocycles. The van der Waals surface area contributed by atoms with Crippen molar-refractivity contribution < 1.29 is 4.74 Å². The first-order valence-electron chi connectivity index (χ1n) is 6.16. The lowest BCUT2D eigenvalue weighted by atomic mass is 10.1. The van der Waals surface area contributed by atoms with Crippen molar-refractivity contribution in [3.05, 3.63) is 12.4 Å². The number of aromatic nitrogens is 2. The summed E-state index contributed by atoms with van der Waals surface area (Å²) in [4.78, 5) is 0. The molecule has 0 amide bonds. The highest BCUT2D eigenvalue weighted by atomic mass is 16.5. The summed E-state index contributed by atoms with van der Waals surface area (Å²) < 4.78 is 7.55.